The third-order valence-electron chi connectivity index (χ3n) is 5.58. The van der Waals surface area contributed by atoms with Crippen LogP contribution in [0.25, 0.3) is 16.2 Å². The van der Waals surface area contributed by atoms with Gasteiger partial charge in [0, 0.05) is 22.9 Å². The minimum Gasteiger partial charge on any atom is -0.497 e. The van der Waals surface area contributed by atoms with E-state index in [1.807, 2.05) is 53.9 Å². The molecule has 0 aliphatic heterocycles. The Labute approximate surface area is 203 Å². The fourth-order valence-electron chi connectivity index (χ4n) is 3.74. The molecule has 10 heteroatoms. The van der Waals surface area contributed by atoms with Gasteiger partial charge in [-0.05, 0) is 41.3 Å². The second kappa shape index (κ2) is 9.40. The quantitative estimate of drug-likeness (QED) is 0.385. The number of tetrazole rings is 1. The van der Waals surface area contributed by atoms with E-state index in [1.54, 1.807) is 14.0 Å². The zero-order chi connectivity index (χ0) is 24.4. The number of methoxy groups -OCH3 is 1. The molecular weight excluding hydrogens is 464 g/mol. The Morgan fingerprint density at radius 2 is 1.94 bits per heavy atom. The monoisotopic (exact) mass is 484 g/mol. The molecule has 0 amide bonds. The van der Waals surface area contributed by atoms with Crippen LogP contribution in [0.5, 0.6) is 5.75 Å². The predicted octanol–water partition coefficient (Wildman–Crippen LogP) is 2.66. The van der Waals surface area contributed by atoms with Crippen LogP contribution in [-0.2, 0) is 13.0 Å². The van der Waals surface area contributed by atoms with E-state index >= 15 is 0 Å². The molecule has 1 N–H and O–H groups in total. The number of benzene rings is 2. The number of H-pyrrole nitrogens is 1. The molecule has 5 aromatic rings. The first-order chi connectivity index (χ1) is 17.0. The highest BCUT2D eigenvalue weighted by Gasteiger charge is 2.15. The molecule has 0 aliphatic carbocycles. The molecule has 0 spiro atoms. The third kappa shape index (κ3) is 4.37. The summed E-state index contributed by atoms with van der Waals surface area (Å²) in [7, 11) is 1.62. The number of nitrogens with one attached hydrogen (secondary N) is 1. The van der Waals surface area contributed by atoms with Gasteiger partial charge >= 0.3 is 5.69 Å². The van der Waals surface area contributed by atoms with Crippen molar-refractivity contribution < 1.29 is 4.74 Å². The summed E-state index contributed by atoms with van der Waals surface area (Å²) in [6.45, 7) is 1.87. The number of aromatic nitrogens is 6. The Kier molecular flexibility index (Phi) is 5.99. The second-order valence-corrected chi connectivity index (χ2v) is 8.68. The Morgan fingerprint density at radius 1 is 1.11 bits per heavy atom. The fourth-order valence-corrected chi connectivity index (χ4v) is 4.68. The van der Waals surface area contributed by atoms with E-state index in [9.17, 15) is 9.59 Å². The van der Waals surface area contributed by atoms with Crippen molar-refractivity contribution in [3.63, 3.8) is 0 Å². The molecule has 2 aromatic carbocycles. The highest BCUT2D eigenvalue weighted by Crippen LogP contribution is 2.17. The predicted molar refractivity (Wildman–Crippen MR) is 133 cm³/mol. The van der Waals surface area contributed by atoms with Crippen molar-refractivity contribution >= 4 is 16.2 Å². The molecule has 0 bridgehead atoms. The summed E-state index contributed by atoms with van der Waals surface area (Å²) < 4.78 is 8.02. The standard InChI is InChI=1S/C25H20N6O3S/c1-16-23(32)30(14-18-9-11-19(12-10-18)22-26-28-29-27-22)25(33)31-20(15-35-24(16)31)7-3-5-17-6-4-8-21(13-17)34-2/h4,6,8-13,15H,5,14H2,1-2H3,(H,26,27,28,29). The number of nitrogens with zero attached hydrogens (tertiary/aromatic N) is 5. The van der Waals surface area contributed by atoms with Crippen LogP contribution in [0.3, 0.4) is 0 Å². The van der Waals surface area contributed by atoms with Gasteiger partial charge in [0.15, 0.2) is 0 Å². The lowest BCUT2D eigenvalue weighted by Crippen LogP contribution is -2.39. The van der Waals surface area contributed by atoms with Gasteiger partial charge in [-0.3, -0.25) is 9.36 Å². The highest BCUT2D eigenvalue weighted by atomic mass is 32.1. The molecule has 0 aliphatic rings. The lowest BCUT2D eigenvalue weighted by Gasteiger charge is -2.09. The van der Waals surface area contributed by atoms with E-state index < -0.39 is 5.69 Å². The van der Waals surface area contributed by atoms with Gasteiger partial charge in [0.2, 0.25) is 5.82 Å². The average molecular weight is 485 g/mol. The molecule has 35 heavy (non-hydrogen) atoms. The molecule has 174 valence electrons. The van der Waals surface area contributed by atoms with Crippen LogP contribution in [0.4, 0.5) is 0 Å². The lowest BCUT2D eigenvalue weighted by molar-refractivity contribution is 0.414. The first-order valence-electron chi connectivity index (χ1n) is 10.7. The molecule has 0 fully saturated rings. The van der Waals surface area contributed by atoms with Gasteiger partial charge in [-0.2, -0.15) is 5.21 Å². The first kappa shape index (κ1) is 22.3. The average Bonchev–Trinajstić information content (AvgIpc) is 3.57. The van der Waals surface area contributed by atoms with Gasteiger partial charge in [-0.1, -0.05) is 42.3 Å². The van der Waals surface area contributed by atoms with Crippen molar-refractivity contribution in [2.75, 3.05) is 7.11 Å². The van der Waals surface area contributed by atoms with Crippen molar-refractivity contribution in [3.05, 3.63) is 97.1 Å². The minimum absolute atomic E-state index is 0.139. The summed E-state index contributed by atoms with van der Waals surface area (Å²) >= 11 is 1.34. The summed E-state index contributed by atoms with van der Waals surface area (Å²) in [5, 5.41) is 15.7. The molecule has 3 aromatic heterocycles. The maximum absolute atomic E-state index is 13.4. The number of ether oxygens (including phenoxy) is 1. The van der Waals surface area contributed by atoms with E-state index in [2.05, 4.69) is 32.5 Å². The Balaban J connectivity index is 1.48. The summed E-state index contributed by atoms with van der Waals surface area (Å²) in [5.74, 6) is 7.48. The Bertz CT molecular complexity index is 1690. The second-order valence-electron chi connectivity index (χ2n) is 7.82. The van der Waals surface area contributed by atoms with Crippen molar-refractivity contribution in [2.45, 2.75) is 19.9 Å². The number of rotatable bonds is 5. The van der Waals surface area contributed by atoms with E-state index in [0.29, 0.717) is 28.3 Å². The third-order valence-corrected chi connectivity index (χ3v) is 6.63. The molecule has 0 unspecified atom stereocenters. The smallest absolute Gasteiger partial charge is 0.337 e. The van der Waals surface area contributed by atoms with Crippen LogP contribution in [0, 0.1) is 18.8 Å². The summed E-state index contributed by atoms with van der Waals surface area (Å²) in [5.41, 5.74) is 2.95. The van der Waals surface area contributed by atoms with Crippen LogP contribution >= 0.6 is 11.3 Å². The van der Waals surface area contributed by atoms with Gasteiger partial charge in [-0.25, -0.2) is 9.20 Å². The van der Waals surface area contributed by atoms with Crippen LogP contribution in [0.15, 0.2) is 63.5 Å². The molecule has 9 nitrogen and oxygen atoms in total. The van der Waals surface area contributed by atoms with Crippen LogP contribution in [0.2, 0.25) is 0 Å². The molecule has 0 atom stereocenters. The zero-order valence-electron chi connectivity index (χ0n) is 19.0. The zero-order valence-corrected chi connectivity index (χ0v) is 19.8. The summed E-state index contributed by atoms with van der Waals surface area (Å²) in [4.78, 5) is 27.0. The number of thiazole rings is 1. The van der Waals surface area contributed by atoms with Crippen molar-refractivity contribution in [3.8, 4) is 29.0 Å². The van der Waals surface area contributed by atoms with Gasteiger partial charge in [0.1, 0.15) is 16.3 Å². The van der Waals surface area contributed by atoms with E-state index in [1.165, 1.54) is 20.3 Å². The number of hydrogen-bond donors (Lipinski definition) is 1. The van der Waals surface area contributed by atoms with Crippen LogP contribution in [0.1, 0.15) is 22.4 Å². The maximum Gasteiger partial charge on any atom is 0.337 e. The van der Waals surface area contributed by atoms with Crippen LogP contribution in [-0.4, -0.2) is 36.7 Å². The topological polar surface area (TPSA) is 107 Å². The van der Waals surface area contributed by atoms with Crippen molar-refractivity contribution in [1.82, 2.24) is 29.6 Å². The number of aromatic amines is 1. The molecule has 0 saturated carbocycles. The number of aryl methyl sites for hydroxylation is 1. The van der Waals surface area contributed by atoms with Gasteiger partial charge in [-0.15, -0.1) is 21.5 Å². The molecular formula is C25H20N6O3S. The molecule has 0 radical (unpaired) electrons. The maximum atomic E-state index is 13.4. The fraction of sp³-hybridized carbons (Fsp3) is 0.160. The van der Waals surface area contributed by atoms with E-state index in [4.69, 9.17) is 4.74 Å². The van der Waals surface area contributed by atoms with Gasteiger partial charge in [0.25, 0.3) is 5.56 Å². The Hall–Kier alpha value is -4.49. The largest absolute Gasteiger partial charge is 0.497 e. The van der Waals surface area contributed by atoms with Gasteiger partial charge in [0.05, 0.1) is 13.7 Å². The number of hydrogen-bond acceptors (Lipinski definition) is 7. The highest BCUT2D eigenvalue weighted by molar-refractivity contribution is 7.15. The lowest BCUT2D eigenvalue weighted by atomic mass is 10.1. The van der Waals surface area contributed by atoms with Crippen molar-refractivity contribution in [2.24, 2.45) is 0 Å². The van der Waals surface area contributed by atoms with Crippen molar-refractivity contribution in [1.29, 1.82) is 0 Å². The summed E-state index contributed by atoms with van der Waals surface area (Å²) in [6, 6.07) is 15.0. The molecule has 3 heterocycles. The normalized spacial score (nSPS) is 10.8. The molecule has 5 rings (SSSR count). The van der Waals surface area contributed by atoms with E-state index in [0.717, 1.165) is 22.4 Å². The Morgan fingerprint density at radius 3 is 2.69 bits per heavy atom. The summed E-state index contributed by atoms with van der Waals surface area (Å²) in [6.07, 6.45) is 0.509. The van der Waals surface area contributed by atoms with Gasteiger partial charge < -0.3 is 4.74 Å². The van der Waals surface area contributed by atoms with Crippen LogP contribution < -0.4 is 16.0 Å². The number of fused-ring (bicyclic) bond motifs is 1. The SMILES string of the molecule is COc1cccc(CC#Cc2csc3c(C)c(=O)n(Cc4ccc(-c5nn[nH]n5)cc4)c(=O)n23)c1. The minimum atomic E-state index is -0.412. The molecule has 0 saturated heterocycles. The first-order valence-corrected chi connectivity index (χ1v) is 11.6. The van der Waals surface area contributed by atoms with E-state index in [-0.39, 0.29) is 12.1 Å².